The second-order valence-electron chi connectivity index (χ2n) is 3.58. The summed E-state index contributed by atoms with van der Waals surface area (Å²) in [6.45, 7) is 0.841. The van der Waals surface area contributed by atoms with E-state index < -0.39 is 0 Å². The Morgan fingerprint density at radius 3 is 2.85 bits per heavy atom. The summed E-state index contributed by atoms with van der Waals surface area (Å²) in [6.07, 6.45) is 3.42. The molecule has 1 nitrogen and oxygen atoms in total. The molecule has 2 heteroatoms. The predicted octanol–water partition coefficient (Wildman–Crippen LogP) is 2.47. The van der Waals surface area contributed by atoms with Gasteiger partial charge in [0.25, 0.3) is 0 Å². The quantitative estimate of drug-likeness (QED) is 0.746. The van der Waals surface area contributed by atoms with Gasteiger partial charge in [0.1, 0.15) is 0 Å². The summed E-state index contributed by atoms with van der Waals surface area (Å²) in [6, 6.07) is 8.67. The predicted molar refractivity (Wildman–Crippen MR) is 58.1 cm³/mol. The van der Waals surface area contributed by atoms with Crippen LogP contribution in [-0.2, 0) is 0 Å². The molecule has 2 rings (SSSR count). The maximum atomic E-state index is 5.65. The van der Waals surface area contributed by atoms with Crippen molar-refractivity contribution in [2.45, 2.75) is 17.2 Å². The number of hydrogen-bond acceptors (Lipinski definition) is 2. The van der Waals surface area contributed by atoms with Crippen LogP contribution >= 0.6 is 11.8 Å². The third-order valence-electron chi connectivity index (χ3n) is 2.76. The lowest BCUT2D eigenvalue weighted by Gasteiger charge is -2.05. The van der Waals surface area contributed by atoms with Crippen molar-refractivity contribution >= 4 is 11.8 Å². The van der Waals surface area contributed by atoms with Gasteiger partial charge in [0.2, 0.25) is 0 Å². The Labute approximate surface area is 83.7 Å². The van der Waals surface area contributed by atoms with Gasteiger partial charge in [0, 0.05) is 4.90 Å². The Morgan fingerprint density at radius 2 is 2.23 bits per heavy atom. The van der Waals surface area contributed by atoms with E-state index in [1.807, 2.05) is 11.8 Å². The first-order valence-corrected chi connectivity index (χ1v) is 5.92. The fourth-order valence-electron chi connectivity index (χ4n) is 1.86. The van der Waals surface area contributed by atoms with Gasteiger partial charge >= 0.3 is 0 Å². The molecule has 1 aliphatic rings. The first-order valence-electron chi connectivity index (χ1n) is 4.69. The summed E-state index contributed by atoms with van der Waals surface area (Å²) in [5.74, 6) is 1.49. The SMILES string of the molecule is CSc1ccccc1[C@@H]1C[C@H]1CN. The summed E-state index contributed by atoms with van der Waals surface area (Å²) in [7, 11) is 0. The Morgan fingerprint density at radius 1 is 1.46 bits per heavy atom. The van der Waals surface area contributed by atoms with E-state index in [0.717, 1.165) is 18.4 Å². The maximum absolute atomic E-state index is 5.65. The number of nitrogens with two attached hydrogens (primary N) is 1. The van der Waals surface area contributed by atoms with Crippen molar-refractivity contribution in [3.63, 3.8) is 0 Å². The van der Waals surface area contributed by atoms with Gasteiger partial charge < -0.3 is 5.73 Å². The largest absolute Gasteiger partial charge is 0.330 e. The van der Waals surface area contributed by atoms with E-state index in [1.165, 1.54) is 16.9 Å². The fourth-order valence-corrected chi connectivity index (χ4v) is 2.53. The molecule has 1 fully saturated rings. The molecule has 1 saturated carbocycles. The zero-order valence-corrected chi connectivity index (χ0v) is 8.68. The van der Waals surface area contributed by atoms with Crippen LogP contribution in [0, 0.1) is 5.92 Å². The van der Waals surface area contributed by atoms with E-state index >= 15 is 0 Å². The zero-order chi connectivity index (χ0) is 9.26. The van der Waals surface area contributed by atoms with Gasteiger partial charge in [0.05, 0.1) is 0 Å². The number of rotatable bonds is 3. The first kappa shape index (κ1) is 9.10. The number of thioether (sulfide) groups is 1. The van der Waals surface area contributed by atoms with Gasteiger partial charge in [-0.1, -0.05) is 18.2 Å². The smallest absolute Gasteiger partial charge is 0.0104 e. The molecule has 2 atom stereocenters. The maximum Gasteiger partial charge on any atom is 0.0104 e. The zero-order valence-electron chi connectivity index (χ0n) is 7.86. The van der Waals surface area contributed by atoms with Crippen LogP contribution in [0.4, 0.5) is 0 Å². The average Bonchev–Trinajstić information content (AvgIpc) is 2.96. The van der Waals surface area contributed by atoms with Crippen LogP contribution in [0.3, 0.4) is 0 Å². The third kappa shape index (κ3) is 1.74. The van der Waals surface area contributed by atoms with E-state index in [9.17, 15) is 0 Å². The third-order valence-corrected chi connectivity index (χ3v) is 3.58. The minimum atomic E-state index is 0.744. The Balaban J connectivity index is 2.20. The van der Waals surface area contributed by atoms with Crippen molar-refractivity contribution in [3.8, 4) is 0 Å². The summed E-state index contributed by atoms with van der Waals surface area (Å²) in [5, 5.41) is 0. The number of benzene rings is 1. The van der Waals surface area contributed by atoms with Crippen LogP contribution < -0.4 is 5.73 Å². The summed E-state index contributed by atoms with van der Waals surface area (Å²) in [4.78, 5) is 1.42. The average molecular weight is 193 g/mol. The normalized spacial score (nSPS) is 26.0. The van der Waals surface area contributed by atoms with Gasteiger partial charge in [-0.15, -0.1) is 11.8 Å². The molecule has 0 saturated heterocycles. The summed E-state index contributed by atoms with van der Waals surface area (Å²) in [5.41, 5.74) is 7.15. The second-order valence-corrected chi connectivity index (χ2v) is 4.43. The van der Waals surface area contributed by atoms with Crippen molar-refractivity contribution in [3.05, 3.63) is 29.8 Å². The standard InChI is InChI=1S/C11H15NS/c1-13-11-5-3-2-4-9(11)10-6-8(10)7-12/h2-5,8,10H,6-7,12H2,1H3/t8-,10+/m0/s1. The van der Waals surface area contributed by atoms with Gasteiger partial charge in [-0.05, 0) is 42.7 Å². The number of hydrogen-bond donors (Lipinski definition) is 1. The molecule has 0 spiro atoms. The lowest BCUT2D eigenvalue weighted by atomic mass is 10.1. The molecule has 0 bridgehead atoms. The van der Waals surface area contributed by atoms with Crippen molar-refractivity contribution in [1.29, 1.82) is 0 Å². The minimum absolute atomic E-state index is 0.744. The van der Waals surface area contributed by atoms with Crippen LogP contribution in [-0.4, -0.2) is 12.8 Å². The molecule has 13 heavy (non-hydrogen) atoms. The molecule has 1 aliphatic carbocycles. The molecule has 0 amide bonds. The molecule has 1 aromatic rings. The minimum Gasteiger partial charge on any atom is -0.330 e. The van der Waals surface area contributed by atoms with Crippen LogP contribution in [0.2, 0.25) is 0 Å². The molecule has 0 aliphatic heterocycles. The second kappa shape index (κ2) is 3.72. The van der Waals surface area contributed by atoms with E-state index in [-0.39, 0.29) is 0 Å². The molecule has 2 N–H and O–H groups in total. The lowest BCUT2D eigenvalue weighted by Crippen LogP contribution is -2.02. The highest BCUT2D eigenvalue weighted by Gasteiger charge is 2.37. The van der Waals surface area contributed by atoms with Crippen LogP contribution in [0.1, 0.15) is 17.9 Å². The monoisotopic (exact) mass is 193 g/mol. The lowest BCUT2D eigenvalue weighted by molar-refractivity contribution is 0.803. The molecule has 0 heterocycles. The molecular weight excluding hydrogens is 178 g/mol. The van der Waals surface area contributed by atoms with E-state index in [1.54, 1.807) is 0 Å². The van der Waals surface area contributed by atoms with Crippen molar-refractivity contribution in [2.24, 2.45) is 11.7 Å². The molecule has 0 aromatic heterocycles. The molecule has 1 aromatic carbocycles. The fraction of sp³-hybridized carbons (Fsp3) is 0.455. The van der Waals surface area contributed by atoms with E-state index in [0.29, 0.717) is 0 Å². The van der Waals surface area contributed by atoms with Crippen LogP contribution in [0.25, 0.3) is 0 Å². The van der Waals surface area contributed by atoms with Gasteiger partial charge in [-0.2, -0.15) is 0 Å². The van der Waals surface area contributed by atoms with Crippen molar-refractivity contribution < 1.29 is 0 Å². The highest BCUT2D eigenvalue weighted by atomic mass is 32.2. The van der Waals surface area contributed by atoms with Gasteiger partial charge in [-0.3, -0.25) is 0 Å². The Kier molecular flexibility index (Phi) is 2.61. The molecule has 70 valence electrons. The highest BCUT2D eigenvalue weighted by molar-refractivity contribution is 7.98. The van der Waals surface area contributed by atoms with Gasteiger partial charge in [-0.25, -0.2) is 0 Å². The van der Waals surface area contributed by atoms with Crippen LogP contribution in [0.15, 0.2) is 29.2 Å². The van der Waals surface area contributed by atoms with Gasteiger partial charge in [0.15, 0.2) is 0 Å². The molecule has 0 unspecified atom stereocenters. The Hall–Kier alpha value is -0.470. The Bertz CT molecular complexity index is 298. The topological polar surface area (TPSA) is 26.0 Å². The van der Waals surface area contributed by atoms with Crippen molar-refractivity contribution in [1.82, 2.24) is 0 Å². The van der Waals surface area contributed by atoms with Crippen LogP contribution in [0.5, 0.6) is 0 Å². The van der Waals surface area contributed by atoms with E-state index in [2.05, 4.69) is 30.5 Å². The highest BCUT2D eigenvalue weighted by Crippen LogP contribution is 2.49. The summed E-state index contributed by atoms with van der Waals surface area (Å²) >= 11 is 1.84. The molecule has 0 radical (unpaired) electrons. The summed E-state index contributed by atoms with van der Waals surface area (Å²) < 4.78 is 0. The van der Waals surface area contributed by atoms with Crippen molar-refractivity contribution in [2.75, 3.05) is 12.8 Å². The molecular formula is C11H15NS. The first-order chi connectivity index (χ1) is 6.36. The van der Waals surface area contributed by atoms with E-state index in [4.69, 9.17) is 5.73 Å².